The van der Waals surface area contributed by atoms with Crippen molar-refractivity contribution in [3.05, 3.63) is 96.1 Å². The summed E-state index contributed by atoms with van der Waals surface area (Å²) in [5, 5.41) is 10.5. The van der Waals surface area contributed by atoms with Crippen LogP contribution in [0.5, 0.6) is 11.5 Å². The Kier molecular flexibility index (Phi) is 9.17. The molecule has 0 saturated heterocycles. The number of carbonyl (C=O) groups is 2. The van der Waals surface area contributed by atoms with Gasteiger partial charge >= 0.3 is 0 Å². The maximum absolute atomic E-state index is 13.5. The summed E-state index contributed by atoms with van der Waals surface area (Å²) in [5.41, 5.74) is 1.75. The van der Waals surface area contributed by atoms with Gasteiger partial charge in [0.25, 0.3) is 11.7 Å². The summed E-state index contributed by atoms with van der Waals surface area (Å²) in [6, 6.07) is 22.5. The molecule has 1 N–H and O–H groups in total. The summed E-state index contributed by atoms with van der Waals surface area (Å²) in [4.78, 5) is 25.3. The number of amides is 1. The van der Waals surface area contributed by atoms with Gasteiger partial charge in [0.2, 0.25) is 11.8 Å². The fourth-order valence-electron chi connectivity index (χ4n) is 3.60. The van der Waals surface area contributed by atoms with Crippen molar-refractivity contribution in [3.8, 4) is 23.0 Å². The van der Waals surface area contributed by atoms with Crippen LogP contribution in [0.15, 0.2) is 83.3 Å². The van der Waals surface area contributed by atoms with Crippen LogP contribution >= 0.6 is 0 Å². The largest absolute Gasteiger partial charge is 0.489 e. The third-order valence-electron chi connectivity index (χ3n) is 5.63. The molecule has 4 aromatic rings. The normalized spacial score (nSPS) is 11.5. The van der Waals surface area contributed by atoms with Crippen molar-refractivity contribution in [2.24, 2.45) is 0 Å². The Bertz CT molecular complexity index is 1340. The molecule has 0 saturated carbocycles. The standard InChI is InChI=1S/C29H28FN3O5/c1-2-3-12-25(37-24-11-7-10-22(30)17-24)27(34)28(35)31-18-26-32-33-29(38-26)21-13-15-23(16-14-21)36-19-20-8-5-4-6-9-20/h4-11,13-17,25H,2-3,12,18-19H2,1H3,(H,31,35). The molecule has 1 atom stereocenters. The Labute approximate surface area is 219 Å². The molecular weight excluding hydrogens is 489 g/mol. The van der Waals surface area contributed by atoms with E-state index in [4.69, 9.17) is 13.9 Å². The molecule has 0 aliphatic heterocycles. The van der Waals surface area contributed by atoms with Crippen LogP contribution in [0, 0.1) is 5.82 Å². The van der Waals surface area contributed by atoms with Crippen molar-refractivity contribution in [2.75, 3.05) is 0 Å². The second kappa shape index (κ2) is 13.1. The van der Waals surface area contributed by atoms with E-state index in [-0.39, 0.29) is 24.1 Å². The zero-order valence-electron chi connectivity index (χ0n) is 20.9. The van der Waals surface area contributed by atoms with Crippen LogP contribution < -0.4 is 14.8 Å². The quantitative estimate of drug-likeness (QED) is 0.241. The molecule has 1 heterocycles. The minimum atomic E-state index is -1.03. The number of nitrogens with zero attached hydrogens (tertiary/aromatic N) is 2. The molecule has 1 unspecified atom stereocenters. The molecule has 0 aliphatic rings. The highest BCUT2D eigenvalue weighted by molar-refractivity contribution is 6.37. The predicted octanol–water partition coefficient (Wildman–Crippen LogP) is 5.28. The lowest BCUT2D eigenvalue weighted by molar-refractivity contribution is -0.142. The Morgan fingerprint density at radius 1 is 0.974 bits per heavy atom. The molecule has 38 heavy (non-hydrogen) atoms. The fourth-order valence-corrected chi connectivity index (χ4v) is 3.60. The summed E-state index contributed by atoms with van der Waals surface area (Å²) in [7, 11) is 0. The molecule has 0 bridgehead atoms. The highest BCUT2D eigenvalue weighted by Crippen LogP contribution is 2.22. The van der Waals surface area contributed by atoms with E-state index in [1.54, 1.807) is 24.3 Å². The van der Waals surface area contributed by atoms with Gasteiger partial charge in [0.05, 0.1) is 6.54 Å². The van der Waals surface area contributed by atoms with E-state index >= 15 is 0 Å². The first-order valence-corrected chi connectivity index (χ1v) is 12.4. The van der Waals surface area contributed by atoms with Crippen LogP contribution in [-0.4, -0.2) is 28.0 Å². The zero-order chi connectivity index (χ0) is 26.7. The lowest BCUT2D eigenvalue weighted by Crippen LogP contribution is -2.40. The third kappa shape index (κ3) is 7.49. The van der Waals surface area contributed by atoms with Gasteiger partial charge in [0.15, 0.2) is 6.10 Å². The summed E-state index contributed by atoms with van der Waals surface area (Å²) in [5.74, 6) is -0.801. The monoisotopic (exact) mass is 517 g/mol. The number of carbonyl (C=O) groups excluding carboxylic acids is 2. The average molecular weight is 518 g/mol. The molecule has 4 rings (SSSR count). The number of unbranched alkanes of at least 4 members (excludes halogenated alkanes) is 1. The summed E-state index contributed by atoms with van der Waals surface area (Å²) in [6.07, 6.45) is 0.776. The maximum Gasteiger partial charge on any atom is 0.291 e. The number of rotatable bonds is 13. The molecule has 1 aromatic heterocycles. The van der Waals surface area contributed by atoms with E-state index < -0.39 is 23.6 Å². The van der Waals surface area contributed by atoms with Crippen LogP contribution in [0.25, 0.3) is 11.5 Å². The number of hydrogen-bond donors (Lipinski definition) is 1. The first-order valence-electron chi connectivity index (χ1n) is 12.4. The molecule has 0 spiro atoms. The molecule has 0 fully saturated rings. The van der Waals surface area contributed by atoms with Gasteiger partial charge in [-0.2, -0.15) is 0 Å². The molecule has 0 radical (unpaired) electrons. The van der Waals surface area contributed by atoms with Crippen molar-refractivity contribution in [1.82, 2.24) is 15.5 Å². The predicted molar refractivity (Wildman–Crippen MR) is 138 cm³/mol. The molecular formula is C29H28FN3O5. The van der Waals surface area contributed by atoms with Gasteiger partial charge < -0.3 is 19.2 Å². The maximum atomic E-state index is 13.5. The second-order valence-corrected chi connectivity index (χ2v) is 8.55. The lowest BCUT2D eigenvalue weighted by Gasteiger charge is -2.17. The van der Waals surface area contributed by atoms with E-state index in [0.717, 1.165) is 12.0 Å². The van der Waals surface area contributed by atoms with Crippen LogP contribution in [0.3, 0.4) is 0 Å². The fraction of sp³-hybridized carbons (Fsp3) is 0.241. The van der Waals surface area contributed by atoms with E-state index in [2.05, 4.69) is 15.5 Å². The van der Waals surface area contributed by atoms with E-state index in [1.807, 2.05) is 37.3 Å². The van der Waals surface area contributed by atoms with Crippen molar-refractivity contribution < 1.29 is 27.9 Å². The number of ether oxygens (including phenoxy) is 2. The van der Waals surface area contributed by atoms with Crippen molar-refractivity contribution in [3.63, 3.8) is 0 Å². The number of benzene rings is 3. The van der Waals surface area contributed by atoms with Crippen molar-refractivity contribution in [2.45, 2.75) is 45.4 Å². The highest BCUT2D eigenvalue weighted by atomic mass is 19.1. The Hall–Kier alpha value is -4.53. The van der Waals surface area contributed by atoms with Gasteiger partial charge in [-0.3, -0.25) is 9.59 Å². The van der Waals surface area contributed by atoms with E-state index in [1.165, 1.54) is 24.3 Å². The van der Waals surface area contributed by atoms with Gasteiger partial charge in [-0.05, 0) is 54.8 Å². The number of hydrogen-bond acceptors (Lipinski definition) is 7. The first-order chi connectivity index (χ1) is 18.5. The van der Waals surface area contributed by atoms with Gasteiger partial charge in [-0.15, -0.1) is 10.2 Å². The molecule has 1 amide bonds. The van der Waals surface area contributed by atoms with Crippen LogP contribution in [-0.2, 0) is 22.7 Å². The number of ketones is 1. The summed E-state index contributed by atoms with van der Waals surface area (Å²) in [6.45, 7) is 2.29. The SMILES string of the molecule is CCCCC(Oc1cccc(F)c1)C(=O)C(=O)NCc1nnc(-c2ccc(OCc3ccccc3)cc2)o1. The second-order valence-electron chi connectivity index (χ2n) is 8.55. The molecule has 0 aliphatic carbocycles. The van der Waals surface area contributed by atoms with Crippen LogP contribution in [0.4, 0.5) is 4.39 Å². The number of aromatic nitrogens is 2. The van der Waals surface area contributed by atoms with Gasteiger partial charge in [0.1, 0.15) is 23.9 Å². The average Bonchev–Trinajstić information content (AvgIpc) is 3.42. The van der Waals surface area contributed by atoms with Crippen LogP contribution in [0.1, 0.15) is 37.6 Å². The number of nitrogens with one attached hydrogen (secondary N) is 1. The van der Waals surface area contributed by atoms with Gasteiger partial charge in [-0.25, -0.2) is 4.39 Å². The zero-order valence-corrected chi connectivity index (χ0v) is 20.9. The summed E-state index contributed by atoms with van der Waals surface area (Å²) < 4.78 is 30.6. The molecule has 8 nitrogen and oxygen atoms in total. The van der Waals surface area contributed by atoms with Crippen LogP contribution in [0.2, 0.25) is 0 Å². The van der Waals surface area contributed by atoms with E-state index in [9.17, 15) is 14.0 Å². The number of halogens is 1. The van der Waals surface area contributed by atoms with Crippen molar-refractivity contribution >= 4 is 11.7 Å². The van der Waals surface area contributed by atoms with Gasteiger partial charge in [-0.1, -0.05) is 49.7 Å². The Balaban J connectivity index is 1.31. The van der Waals surface area contributed by atoms with Gasteiger partial charge in [0, 0.05) is 11.6 Å². The smallest absolute Gasteiger partial charge is 0.291 e. The minimum Gasteiger partial charge on any atom is -0.489 e. The molecule has 3 aromatic carbocycles. The first kappa shape index (κ1) is 26.5. The molecule has 9 heteroatoms. The topological polar surface area (TPSA) is 104 Å². The highest BCUT2D eigenvalue weighted by Gasteiger charge is 2.27. The molecule has 196 valence electrons. The minimum absolute atomic E-state index is 0.129. The van der Waals surface area contributed by atoms with E-state index in [0.29, 0.717) is 30.8 Å². The summed E-state index contributed by atoms with van der Waals surface area (Å²) >= 11 is 0. The number of Topliss-reactive ketones (excluding diaryl/α,β-unsaturated/α-hetero) is 1. The lowest BCUT2D eigenvalue weighted by atomic mass is 10.1. The van der Waals surface area contributed by atoms with Crippen molar-refractivity contribution in [1.29, 1.82) is 0 Å². The Morgan fingerprint density at radius 2 is 1.76 bits per heavy atom. The third-order valence-corrected chi connectivity index (χ3v) is 5.63. The Morgan fingerprint density at radius 3 is 2.50 bits per heavy atom.